The van der Waals surface area contributed by atoms with Gasteiger partial charge in [-0.1, -0.05) is 25.1 Å². The maximum absolute atomic E-state index is 6.58. The van der Waals surface area contributed by atoms with E-state index in [1.807, 2.05) is 24.4 Å². The summed E-state index contributed by atoms with van der Waals surface area (Å²) in [5.41, 5.74) is 7.98. The predicted molar refractivity (Wildman–Crippen MR) is 78.4 cm³/mol. The predicted octanol–water partition coefficient (Wildman–Crippen LogP) is 2.32. The Hall–Kier alpha value is -2.33. The fourth-order valence-electron chi connectivity index (χ4n) is 2.35. The topological polar surface area (TPSA) is 64.7 Å². The van der Waals surface area contributed by atoms with E-state index < -0.39 is 5.54 Å². The maximum atomic E-state index is 6.58. The summed E-state index contributed by atoms with van der Waals surface area (Å²) in [6.07, 6.45) is 13.2. The minimum absolute atomic E-state index is 0.130. The Morgan fingerprint density at radius 2 is 1.95 bits per heavy atom. The molecule has 0 amide bonds. The van der Waals surface area contributed by atoms with Gasteiger partial charge in [0.25, 0.3) is 0 Å². The van der Waals surface area contributed by atoms with Gasteiger partial charge >= 0.3 is 0 Å². The number of nitrogens with two attached hydrogens (primary N) is 1. The highest BCUT2D eigenvalue weighted by Gasteiger charge is 2.35. The molecular formula is C16H16N4. The first-order chi connectivity index (χ1) is 9.70. The minimum Gasteiger partial charge on any atom is -0.315 e. The average molecular weight is 264 g/mol. The van der Waals surface area contributed by atoms with Crippen molar-refractivity contribution in [2.75, 3.05) is 0 Å². The highest BCUT2D eigenvalue weighted by atomic mass is 15.0. The highest BCUT2D eigenvalue weighted by Crippen LogP contribution is 2.35. The van der Waals surface area contributed by atoms with Gasteiger partial charge in [-0.15, -0.1) is 0 Å². The van der Waals surface area contributed by atoms with Crippen LogP contribution >= 0.6 is 0 Å². The molecule has 4 heteroatoms. The van der Waals surface area contributed by atoms with E-state index in [4.69, 9.17) is 5.73 Å². The number of nitrogens with zero attached hydrogens (tertiary/aromatic N) is 3. The minimum atomic E-state index is -0.693. The summed E-state index contributed by atoms with van der Waals surface area (Å²) in [5, 5.41) is 0. The van der Waals surface area contributed by atoms with Crippen molar-refractivity contribution in [2.24, 2.45) is 11.7 Å². The van der Waals surface area contributed by atoms with Gasteiger partial charge in [0.15, 0.2) is 5.82 Å². The molecule has 0 saturated carbocycles. The molecule has 2 aromatic rings. The Morgan fingerprint density at radius 3 is 2.65 bits per heavy atom. The van der Waals surface area contributed by atoms with Crippen LogP contribution in [0.15, 0.2) is 61.2 Å². The molecular weight excluding hydrogens is 248 g/mol. The van der Waals surface area contributed by atoms with E-state index in [9.17, 15) is 0 Å². The molecule has 0 bridgehead atoms. The molecule has 0 spiro atoms. The molecule has 2 N–H and O–H groups in total. The Labute approximate surface area is 118 Å². The van der Waals surface area contributed by atoms with Crippen LogP contribution < -0.4 is 5.73 Å². The van der Waals surface area contributed by atoms with E-state index in [2.05, 4.69) is 34.0 Å². The van der Waals surface area contributed by atoms with Gasteiger partial charge in [0.1, 0.15) is 5.54 Å². The van der Waals surface area contributed by atoms with Crippen molar-refractivity contribution >= 4 is 5.57 Å². The number of hydrogen-bond donors (Lipinski definition) is 1. The van der Waals surface area contributed by atoms with E-state index in [1.54, 1.807) is 24.7 Å². The highest BCUT2D eigenvalue weighted by molar-refractivity contribution is 5.76. The third-order valence-electron chi connectivity index (χ3n) is 3.66. The van der Waals surface area contributed by atoms with Crippen molar-refractivity contribution in [1.82, 2.24) is 15.0 Å². The van der Waals surface area contributed by atoms with Crippen molar-refractivity contribution in [3.8, 4) is 0 Å². The molecule has 0 aromatic carbocycles. The Balaban J connectivity index is 2.07. The maximum Gasteiger partial charge on any atom is 0.152 e. The fourth-order valence-corrected chi connectivity index (χ4v) is 2.35. The summed E-state index contributed by atoms with van der Waals surface area (Å²) in [6.45, 7) is 2.07. The lowest BCUT2D eigenvalue weighted by Gasteiger charge is -2.32. The molecule has 0 saturated heterocycles. The number of aromatic nitrogens is 3. The van der Waals surface area contributed by atoms with Crippen LogP contribution in [0.2, 0.25) is 0 Å². The third kappa shape index (κ3) is 2.14. The zero-order valence-corrected chi connectivity index (χ0v) is 11.3. The van der Waals surface area contributed by atoms with Gasteiger partial charge in [0.2, 0.25) is 0 Å². The van der Waals surface area contributed by atoms with Gasteiger partial charge in [-0.2, -0.15) is 0 Å². The second kappa shape index (κ2) is 4.98. The van der Waals surface area contributed by atoms with Gasteiger partial charge in [-0.05, 0) is 29.3 Å². The van der Waals surface area contributed by atoms with E-state index in [1.165, 1.54) is 0 Å². The SMILES string of the molecule is CC1C=CC(c2cccnc2)=CC1(N)c1ncccn1. The van der Waals surface area contributed by atoms with E-state index in [-0.39, 0.29) is 5.92 Å². The van der Waals surface area contributed by atoms with Gasteiger partial charge in [-0.25, -0.2) is 9.97 Å². The van der Waals surface area contributed by atoms with Crippen LogP contribution in [0.1, 0.15) is 18.3 Å². The lowest BCUT2D eigenvalue weighted by molar-refractivity contribution is 0.410. The largest absolute Gasteiger partial charge is 0.315 e. The molecule has 2 aromatic heterocycles. The molecule has 2 heterocycles. The molecule has 20 heavy (non-hydrogen) atoms. The third-order valence-corrected chi connectivity index (χ3v) is 3.66. The second-order valence-electron chi connectivity index (χ2n) is 4.99. The van der Waals surface area contributed by atoms with Gasteiger partial charge in [0, 0.05) is 30.7 Å². The quantitative estimate of drug-likeness (QED) is 0.904. The molecule has 0 aliphatic heterocycles. The lowest BCUT2D eigenvalue weighted by atomic mass is 9.78. The van der Waals surface area contributed by atoms with Crippen LogP contribution in [0.25, 0.3) is 5.57 Å². The van der Waals surface area contributed by atoms with Crippen molar-refractivity contribution in [3.63, 3.8) is 0 Å². The monoisotopic (exact) mass is 264 g/mol. The number of hydrogen-bond acceptors (Lipinski definition) is 4. The van der Waals surface area contributed by atoms with Crippen LogP contribution in [0, 0.1) is 5.92 Å². The Kier molecular flexibility index (Phi) is 3.16. The molecule has 1 aliphatic carbocycles. The van der Waals surface area contributed by atoms with Crippen molar-refractivity contribution in [1.29, 1.82) is 0 Å². The number of rotatable bonds is 2. The van der Waals surface area contributed by atoms with Crippen molar-refractivity contribution in [2.45, 2.75) is 12.5 Å². The fraction of sp³-hybridized carbons (Fsp3) is 0.188. The Bertz CT molecular complexity index is 649. The van der Waals surface area contributed by atoms with Crippen LogP contribution in [0.4, 0.5) is 0 Å². The van der Waals surface area contributed by atoms with Crippen LogP contribution in [0.3, 0.4) is 0 Å². The Morgan fingerprint density at radius 1 is 1.15 bits per heavy atom. The second-order valence-corrected chi connectivity index (χ2v) is 4.99. The molecule has 100 valence electrons. The number of pyridine rings is 1. The average Bonchev–Trinajstić information content (AvgIpc) is 2.52. The zero-order valence-electron chi connectivity index (χ0n) is 11.3. The smallest absolute Gasteiger partial charge is 0.152 e. The van der Waals surface area contributed by atoms with Crippen molar-refractivity contribution in [3.05, 3.63) is 72.6 Å². The molecule has 2 atom stereocenters. The normalized spacial score (nSPS) is 25.3. The number of allylic oxidation sites excluding steroid dienone is 2. The summed E-state index contributed by atoms with van der Waals surface area (Å²) in [5.74, 6) is 0.767. The molecule has 0 fully saturated rings. The van der Waals surface area contributed by atoms with Crippen LogP contribution in [-0.2, 0) is 5.54 Å². The molecule has 3 rings (SSSR count). The molecule has 2 unspecified atom stereocenters. The van der Waals surface area contributed by atoms with E-state index >= 15 is 0 Å². The van der Waals surface area contributed by atoms with E-state index in [0.29, 0.717) is 5.82 Å². The standard InChI is InChI=1S/C16H16N4/c1-12-5-6-13(14-4-2-7-18-11-14)10-16(12,17)15-19-8-3-9-20-15/h2-12H,17H2,1H3. The summed E-state index contributed by atoms with van der Waals surface area (Å²) in [7, 11) is 0. The molecule has 0 radical (unpaired) electrons. The van der Waals surface area contributed by atoms with Gasteiger partial charge in [0.05, 0.1) is 0 Å². The van der Waals surface area contributed by atoms with Crippen LogP contribution in [-0.4, -0.2) is 15.0 Å². The first-order valence-corrected chi connectivity index (χ1v) is 6.58. The van der Waals surface area contributed by atoms with E-state index in [0.717, 1.165) is 11.1 Å². The first kappa shape index (κ1) is 12.7. The van der Waals surface area contributed by atoms with Gasteiger partial charge in [-0.3, -0.25) is 4.98 Å². The summed E-state index contributed by atoms with van der Waals surface area (Å²) < 4.78 is 0. The first-order valence-electron chi connectivity index (χ1n) is 6.58. The lowest BCUT2D eigenvalue weighted by Crippen LogP contribution is -2.43. The van der Waals surface area contributed by atoms with Gasteiger partial charge < -0.3 is 5.73 Å². The summed E-state index contributed by atoms with van der Waals surface area (Å²) in [6, 6.07) is 5.73. The molecule has 1 aliphatic rings. The summed E-state index contributed by atoms with van der Waals surface area (Å²) in [4.78, 5) is 12.8. The van der Waals surface area contributed by atoms with Crippen molar-refractivity contribution < 1.29 is 0 Å². The molecule has 4 nitrogen and oxygen atoms in total. The zero-order chi connectivity index (χ0) is 14.0. The van der Waals surface area contributed by atoms with Crippen LogP contribution in [0.5, 0.6) is 0 Å². The summed E-state index contributed by atoms with van der Waals surface area (Å²) >= 11 is 0.